The van der Waals surface area contributed by atoms with Crippen molar-refractivity contribution in [3.05, 3.63) is 33.8 Å². The Balaban J connectivity index is 2.19. The summed E-state index contributed by atoms with van der Waals surface area (Å²) in [6.07, 6.45) is 0. The number of ether oxygens (including phenoxy) is 3. The number of aromatic nitrogens is 2. The molecule has 0 amide bonds. The van der Waals surface area contributed by atoms with Crippen molar-refractivity contribution < 1.29 is 27.8 Å². The fourth-order valence-corrected chi connectivity index (χ4v) is 2.14. The van der Waals surface area contributed by atoms with Crippen molar-refractivity contribution in [2.75, 3.05) is 7.11 Å². The molecule has 118 valence electrons. The van der Waals surface area contributed by atoms with Crippen molar-refractivity contribution in [2.45, 2.75) is 13.2 Å². The first-order valence-electron chi connectivity index (χ1n) is 5.78. The second-order valence-electron chi connectivity index (χ2n) is 3.78. The fraction of sp³-hybridized carbons (Fsp3) is 0.250. The molecule has 0 N–H and O–H groups in total. The van der Waals surface area contributed by atoms with E-state index < -0.39 is 18.3 Å². The van der Waals surface area contributed by atoms with E-state index in [1.54, 1.807) is 0 Å². The molecule has 0 saturated heterocycles. The Morgan fingerprint density at radius 2 is 2.23 bits per heavy atom. The molecule has 2 aromatic rings. The van der Waals surface area contributed by atoms with Gasteiger partial charge in [0.25, 0.3) is 0 Å². The standard InChI is InChI=1S/C12H9ClF2N2O4S/c1-19-8-4-2-3-6(9(8)21-12(14)15)11(18)20-5-7-10(13)22-17-16-7/h2-4,12H,5H2,1H3. The summed E-state index contributed by atoms with van der Waals surface area (Å²) in [5, 5.41) is 3.67. The van der Waals surface area contributed by atoms with E-state index in [0.717, 1.165) is 11.5 Å². The number of alkyl halides is 2. The van der Waals surface area contributed by atoms with Crippen LogP contribution in [0.3, 0.4) is 0 Å². The van der Waals surface area contributed by atoms with E-state index in [-0.39, 0.29) is 28.0 Å². The minimum atomic E-state index is -3.11. The number of nitrogens with zero attached hydrogens (tertiary/aromatic N) is 2. The molecule has 0 fully saturated rings. The van der Waals surface area contributed by atoms with Gasteiger partial charge in [-0.2, -0.15) is 8.78 Å². The van der Waals surface area contributed by atoms with Gasteiger partial charge in [0.2, 0.25) is 0 Å². The molecule has 0 aliphatic rings. The molecule has 22 heavy (non-hydrogen) atoms. The Hall–Kier alpha value is -2.00. The van der Waals surface area contributed by atoms with Crippen LogP contribution in [0.4, 0.5) is 8.78 Å². The molecule has 0 radical (unpaired) electrons. The smallest absolute Gasteiger partial charge is 0.387 e. The third-order valence-electron chi connectivity index (χ3n) is 2.48. The topological polar surface area (TPSA) is 70.5 Å². The molecular weight excluding hydrogens is 342 g/mol. The maximum absolute atomic E-state index is 12.5. The van der Waals surface area contributed by atoms with E-state index in [0.29, 0.717) is 0 Å². The van der Waals surface area contributed by atoms with Gasteiger partial charge >= 0.3 is 12.6 Å². The number of rotatable bonds is 6. The summed E-state index contributed by atoms with van der Waals surface area (Å²) in [6, 6.07) is 4.12. The molecule has 1 aromatic heterocycles. The van der Waals surface area contributed by atoms with Crippen LogP contribution < -0.4 is 9.47 Å². The molecule has 0 bridgehead atoms. The lowest BCUT2D eigenvalue weighted by Crippen LogP contribution is -2.12. The maximum Gasteiger partial charge on any atom is 0.387 e. The maximum atomic E-state index is 12.5. The summed E-state index contributed by atoms with van der Waals surface area (Å²) >= 11 is 6.71. The van der Waals surface area contributed by atoms with Crippen LogP contribution in [-0.4, -0.2) is 29.3 Å². The van der Waals surface area contributed by atoms with Crippen molar-refractivity contribution in [3.63, 3.8) is 0 Å². The molecule has 0 spiro atoms. The Morgan fingerprint density at radius 3 is 2.82 bits per heavy atom. The zero-order chi connectivity index (χ0) is 16.1. The highest BCUT2D eigenvalue weighted by Crippen LogP contribution is 2.33. The van der Waals surface area contributed by atoms with Crippen molar-refractivity contribution in [3.8, 4) is 11.5 Å². The third-order valence-corrected chi connectivity index (χ3v) is 3.46. The van der Waals surface area contributed by atoms with Crippen molar-refractivity contribution >= 4 is 29.1 Å². The summed E-state index contributed by atoms with van der Waals surface area (Å²) < 4.78 is 43.0. The first kappa shape index (κ1) is 16.4. The molecule has 6 nitrogen and oxygen atoms in total. The Bertz CT molecular complexity index is 668. The number of carbonyl (C=O) groups is 1. The first-order chi connectivity index (χ1) is 10.5. The largest absolute Gasteiger partial charge is 0.493 e. The molecule has 0 aliphatic heterocycles. The summed E-state index contributed by atoms with van der Waals surface area (Å²) in [5.41, 5.74) is 0.0817. The highest BCUT2D eigenvalue weighted by Gasteiger charge is 2.22. The van der Waals surface area contributed by atoms with Crippen molar-refractivity contribution in [2.24, 2.45) is 0 Å². The van der Waals surface area contributed by atoms with E-state index in [2.05, 4.69) is 14.3 Å². The molecule has 0 aliphatic carbocycles. The Kier molecular flexibility index (Phi) is 5.45. The van der Waals surface area contributed by atoms with Crippen LogP contribution in [-0.2, 0) is 11.3 Å². The number of halogens is 3. The minimum Gasteiger partial charge on any atom is -0.493 e. The van der Waals surface area contributed by atoms with E-state index in [1.807, 2.05) is 0 Å². The van der Waals surface area contributed by atoms with Crippen molar-refractivity contribution in [1.82, 2.24) is 9.59 Å². The number of methoxy groups -OCH3 is 1. The van der Waals surface area contributed by atoms with Gasteiger partial charge in [-0.25, -0.2) is 4.79 Å². The summed E-state index contributed by atoms with van der Waals surface area (Å²) in [7, 11) is 1.27. The van der Waals surface area contributed by atoms with Crippen LogP contribution in [0.15, 0.2) is 18.2 Å². The Morgan fingerprint density at radius 1 is 1.45 bits per heavy atom. The average molecular weight is 351 g/mol. The lowest BCUT2D eigenvalue weighted by molar-refractivity contribution is -0.0518. The quantitative estimate of drug-likeness (QED) is 0.745. The summed E-state index contributed by atoms with van der Waals surface area (Å²) in [4.78, 5) is 12.0. The molecular formula is C12H9ClF2N2O4S. The van der Waals surface area contributed by atoms with Crippen LogP contribution in [0.2, 0.25) is 4.34 Å². The van der Waals surface area contributed by atoms with Crippen LogP contribution in [0.5, 0.6) is 11.5 Å². The highest BCUT2D eigenvalue weighted by atomic mass is 35.5. The van der Waals surface area contributed by atoms with Gasteiger partial charge in [-0.05, 0) is 12.1 Å². The van der Waals surface area contributed by atoms with Crippen LogP contribution >= 0.6 is 23.1 Å². The number of hydrogen-bond donors (Lipinski definition) is 0. The highest BCUT2D eigenvalue weighted by molar-refractivity contribution is 7.10. The van der Waals surface area contributed by atoms with Gasteiger partial charge in [0.15, 0.2) is 11.5 Å². The van der Waals surface area contributed by atoms with Gasteiger partial charge in [-0.3, -0.25) is 0 Å². The zero-order valence-electron chi connectivity index (χ0n) is 11.1. The second kappa shape index (κ2) is 7.32. The van der Waals surface area contributed by atoms with E-state index in [1.165, 1.54) is 25.3 Å². The summed E-state index contributed by atoms with van der Waals surface area (Å²) in [5.74, 6) is -1.28. The fourth-order valence-electron chi connectivity index (χ4n) is 1.54. The molecule has 1 aromatic carbocycles. The lowest BCUT2D eigenvalue weighted by Gasteiger charge is -2.13. The number of esters is 1. The van der Waals surface area contributed by atoms with E-state index in [4.69, 9.17) is 21.1 Å². The van der Waals surface area contributed by atoms with E-state index >= 15 is 0 Å². The van der Waals surface area contributed by atoms with Crippen LogP contribution in [0.25, 0.3) is 0 Å². The average Bonchev–Trinajstić information content (AvgIpc) is 2.89. The molecule has 2 rings (SSSR count). The van der Waals surface area contributed by atoms with Gasteiger partial charge in [0.1, 0.15) is 22.2 Å². The van der Waals surface area contributed by atoms with Gasteiger partial charge in [0.05, 0.1) is 7.11 Å². The second-order valence-corrected chi connectivity index (χ2v) is 5.14. The minimum absolute atomic E-state index is 0.0110. The lowest BCUT2D eigenvalue weighted by atomic mass is 10.2. The van der Waals surface area contributed by atoms with Gasteiger partial charge < -0.3 is 14.2 Å². The molecule has 10 heteroatoms. The first-order valence-corrected chi connectivity index (χ1v) is 6.93. The van der Waals surface area contributed by atoms with E-state index in [9.17, 15) is 13.6 Å². The molecule has 0 atom stereocenters. The van der Waals surface area contributed by atoms with Crippen LogP contribution in [0.1, 0.15) is 16.1 Å². The number of benzene rings is 1. The predicted molar refractivity (Wildman–Crippen MR) is 73.7 cm³/mol. The normalized spacial score (nSPS) is 10.6. The SMILES string of the molecule is COc1cccc(C(=O)OCc2nnsc2Cl)c1OC(F)F. The third kappa shape index (κ3) is 3.80. The number of carbonyl (C=O) groups excluding carboxylic acids is 1. The number of hydrogen-bond acceptors (Lipinski definition) is 7. The molecule has 0 unspecified atom stereocenters. The molecule has 1 heterocycles. The summed E-state index contributed by atoms with van der Waals surface area (Å²) in [6.45, 7) is -3.35. The van der Waals surface area contributed by atoms with Gasteiger partial charge in [-0.1, -0.05) is 22.2 Å². The monoisotopic (exact) mass is 350 g/mol. The Labute approximate surface area is 132 Å². The van der Waals surface area contributed by atoms with Crippen molar-refractivity contribution in [1.29, 1.82) is 0 Å². The van der Waals surface area contributed by atoms with Crippen LogP contribution in [0, 0.1) is 0 Å². The molecule has 0 saturated carbocycles. The van der Waals surface area contributed by atoms with Gasteiger partial charge in [-0.15, -0.1) is 5.10 Å². The predicted octanol–water partition coefficient (Wildman–Crippen LogP) is 3.16. The zero-order valence-corrected chi connectivity index (χ0v) is 12.7. The van der Waals surface area contributed by atoms with Gasteiger partial charge in [0, 0.05) is 11.5 Å². The number of para-hydroxylation sites is 1.